The summed E-state index contributed by atoms with van der Waals surface area (Å²) in [6.45, 7) is 7.11. The summed E-state index contributed by atoms with van der Waals surface area (Å²) in [5.74, 6) is 1.65. The molecule has 1 saturated carbocycles. The van der Waals surface area contributed by atoms with Gasteiger partial charge in [0.1, 0.15) is 5.75 Å². The maximum absolute atomic E-state index is 5.40. The van der Waals surface area contributed by atoms with E-state index in [2.05, 4.69) is 38.2 Å². The van der Waals surface area contributed by atoms with Crippen molar-refractivity contribution >= 4 is 5.69 Å². The molecule has 1 aromatic carbocycles. The number of benzene rings is 1. The average Bonchev–Trinajstić information content (AvgIpc) is 2.33. The maximum Gasteiger partial charge on any atom is 0.141 e. The zero-order valence-electron chi connectivity index (χ0n) is 12.0. The third-order valence-corrected chi connectivity index (χ3v) is 4.14. The van der Waals surface area contributed by atoms with Crippen LogP contribution >= 0.6 is 0 Å². The molecule has 2 rings (SSSR count). The third-order valence-electron chi connectivity index (χ3n) is 4.14. The molecular formula is C16H25NO. The zero-order valence-corrected chi connectivity index (χ0v) is 12.0. The monoisotopic (exact) mass is 247 g/mol. The van der Waals surface area contributed by atoms with Gasteiger partial charge < -0.3 is 10.1 Å². The first-order valence-electron chi connectivity index (χ1n) is 6.91. The quantitative estimate of drug-likeness (QED) is 0.858. The molecule has 1 fully saturated rings. The van der Waals surface area contributed by atoms with Crippen molar-refractivity contribution < 1.29 is 4.74 Å². The molecule has 0 spiro atoms. The summed E-state index contributed by atoms with van der Waals surface area (Å²) in [4.78, 5) is 0. The van der Waals surface area contributed by atoms with Gasteiger partial charge in [-0.05, 0) is 42.7 Å². The van der Waals surface area contributed by atoms with Crippen LogP contribution in [-0.2, 0) is 0 Å². The highest BCUT2D eigenvalue weighted by molar-refractivity contribution is 5.56. The van der Waals surface area contributed by atoms with Crippen LogP contribution in [0.1, 0.15) is 40.0 Å². The fourth-order valence-electron chi connectivity index (χ4n) is 3.12. The molecule has 1 aliphatic carbocycles. The summed E-state index contributed by atoms with van der Waals surface area (Å²) in [5.41, 5.74) is 1.62. The molecule has 1 N–H and O–H groups in total. The largest absolute Gasteiger partial charge is 0.495 e. The van der Waals surface area contributed by atoms with Crippen LogP contribution in [-0.4, -0.2) is 13.2 Å². The highest BCUT2D eigenvalue weighted by Crippen LogP contribution is 2.40. The predicted octanol–water partition coefficient (Wildman–Crippen LogP) is 4.32. The van der Waals surface area contributed by atoms with E-state index in [1.807, 2.05) is 12.1 Å². The summed E-state index contributed by atoms with van der Waals surface area (Å²) in [7, 11) is 1.73. The molecule has 2 nitrogen and oxygen atoms in total. The molecule has 2 unspecified atom stereocenters. The number of methoxy groups -OCH3 is 1. The SMILES string of the molecule is COc1ccccc1NC1CCC(C)(C)CC1C. The molecule has 1 aliphatic rings. The second-order valence-electron chi connectivity index (χ2n) is 6.34. The minimum atomic E-state index is 0.498. The highest BCUT2D eigenvalue weighted by Gasteiger charge is 2.32. The summed E-state index contributed by atoms with van der Waals surface area (Å²) >= 11 is 0. The van der Waals surface area contributed by atoms with Gasteiger partial charge in [0, 0.05) is 6.04 Å². The van der Waals surface area contributed by atoms with E-state index in [1.165, 1.54) is 19.3 Å². The van der Waals surface area contributed by atoms with Crippen LogP contribution in [0.2, 0.25) is 0 Å². The molecule has 0 heterocycles. The normalized spacial score (nSPS) is 26.7. The van der Waals surface area contributed by atoms with Gasteiger partial charge in [-0.1, -0.05) is 32.9 Å². The molecule has 0 saturated heterocycles. The number of ether oxygens (including phenoxy) is 1. The van der Waals surface area contributed by atoms with Crippen molar-refractivity contribution in [2.75, 3.05) is 12.4 Å². The smallest absolute Gasteiger partial charge is 0.141 e. The molecule has 100 valence electrons. The van der Waals surface area contributed by atoms with E-state index in [9.17, 15) is 0 Å². The number of hydrogen-bond acceptors (Lipinski definition) is 2. The van der Waals surface area contributed by atoms with Gasteiger partial charge >= 0.3 is 0 Å². The van der Waals surface area contributed by atoms with Crippen molar-refractivity contribution in [3.8, 4) is 5.75 Å². The fourth-order valence-corrected chi connectivity index (χ4v) is 3.12. The average molecular weight is 247 g/mol. The van der Waals surface area contributed by atoms with Crippen LogP contribution in [0.3, 0.4) is 0 Å². The standard InChI is InChI=1S/C16H25NO/c1-12-11-16(2,3)10-9-13(12)17-14-7-5-6-8-15(14)18-4/h5-8,12-13,17H,9-11H2,1-4H3. The lowest BCUT2D eigenvalue weighted by Crippen LogP contribution is -2.36. The van der Waals surface area contributed by atoms with E-state index in [0.29, 0.717) is 17.4 Å². The van der Waals surface area contributed by atoms with E-state index >= 15 is 0 Å². The Morgan fingerprint density at radius 2 is 2.00 bits per heavy atom. The lowest BCUT2D eigenvalue weighted by molar-refractivity contribution is 0.177. The van der Waals surface area contributed by atoms with E-state index < -0.39 is 0 Å². The van der Waals surface area contributed by atoms with E-state index in [1.54, 1.807) is 7.11 Å². The third kappa shape index (κ3) is 2.98. The van der Waals surface area contributed by atoms with E-state index in [0.717, 1.165) is 11.4 Å². The highest BCUT2D eigenvalue weighted by atomic mass is 16.5. The topological polar surface area (TPSA) is 21.3 Å². The molecule has 0 amide bonds. The lowest BCUT2D eigenvalue weighted by Gasteiger charge is -2.40. The fraction of sp³-hybridized carbons (Fsp3) is 0.625. The first-order valence-corrected chi connectivity index (χ1v) is 6.91. The number of rotatable bonds is 3. The minimum Gasteiger partial charge on any atom is -0.495 e. The summed E-state index contributed by atoms with van der Waals surface area (Å²) in [5, 5.41) is 3.66. The van der Waals surface area contributed by atoms with Gasteiger partial charge in [0.15, 0.2) is 0 Å². The summed E-state index contributed by atoms with van der Waals surface area (Å²) in [6.07, 6.45) is 3.83. The van der Waals surface area contributed by atoms with Gasteiger partial charge in [0.25, 0.3) is 0 Å². The Kier molecular flexibility index (Phi) is 3.84. The van der Waals surface area contributed by atoms with Gasteiger partial charge in [-0.25, -0.2) is 0 Å². The molecule has 1 aromatic rings. The van der Waals surface area contributed by atoms with Crippen molar-refractivity contribution in [3.05, 3.63) is 24.3 Å². The zero-order chi connectivity index (χ0) is 13.2. The van der Waals surface area contributed by atoms with Gasteiger partial charge in [-0.2, -0.15) is 0 Å². The maximum atomic E-state index is 5.40. The Bertz CT molecular complexity index is 400. The van der Waals surface area contributed by atoms with Crippen molar-refractivity contribution in [3.63, 3.8) is 0 Å². The summed E-state index contributed by atoms with van der Waals surface area (Å²) < 4.78 is 5.40. The van der Waals surface area contributed by atoms with E-state index in [4.69, 9.17) is 4.74 Å². The van der Waals surface area contributed by atoms with Crippen molar-refractivity contribution in [1.29, 1.82) is 0 Å². The Morgan fingerprint density at radius 3 is 2.67 bits per heavy atom. The Labute approximate surface area is 111 Å². The first kappa shape index (κ1) is 13.3. The van der Waals surface area contributed by atoms with Crippen molar-refractivity contribution in [1.82, 2.24) is 0 Å². The van der Waals surface area contributed by atoms with Gasteiger partial charge in [0.2, 0.25) is 0 Å². The van der Waals surface area contributed by atoms with Crippen LogP contribution in [0.5, 0.6) is 5.75 Å². The molecule has 0 aliphatic heterocycles. The van der Waals surface area contributed by atoms with Crippen LogP contribution in [0.25, 0.3) is 0 Å². The lowest BCUT2D eigenvalue weighted by atomic mass is 9.70. The molecular weight excluding hydrogens is 222 g/mol. The molecule has 2 heteroatoms. The Morgan fingerprint density at radius 1 is 1.28 bits per heavy atom. The second kappa shape index (κ2) is 5.21. The molecule has 0 radical (unpaired) electrons. The Balaban J connectivity index is 2.06. The first-order chi connectivity index (χ1) is 8.52. The minimum absolute atomic E-state index is 0.498. The number of para-hydroxylation sites is 2. The predicted molar refractivity (Wildman–Crippen MR) is 77.2 cm³/mol. The van der Waals surface area contributed by atoms with Gasteiger partial charge in [-0.15, -0.1) is 0 Å². The number of nitrogens with one attached hydrogen (secondary N) is 1. The van der Waals surface area contributed by atoms with Crippen LogP contribution in [0.15, 0.2) is 24.3 Å². The molecule has 0 aromatic heterocycles. The molecule has 0 bridgehead atoms. The van der Waals surface area contributed by atoms with Crippen LogP contribution in [0.4, 0.5) is 5.69 Å². The Hall–Kier alpha value is -1.18. The van der Waals surface area contributed by atoms with E-state index in [-0.39, 0.29) is 0 Å². The molecule has 2 atom stereocenters. The number of hydrogen-bond donors (Lipinski definition) is 1. The summed E-state index contributed by atoms with van der Waals surface area (Å²) in [6, 6.07) is 8.75. The van der Waals surface area contributed by atoms with Gasteiger partial charge in [0.05, 0.1) is 12.8 Å². The number of anilines is 1. The molecule has 18 heavy (non-hydrogen) atoms. The van der Waals surface area contributed by atoms with Crippen molar-refractivity contribution in [2.24, 2.45) is 11.3 Å². The second-order valence-corrected chi connectivity index (χ2v) is 6.34. The van der Waals surface area contributed by atoms with Crippen LogP contribution < -0.4 is 10.1 Å². The van der Waals surface area contributed by atoms with Crippen LogP contribution in [0, 0.1) is 11.3 Å². The van der Waals surface area contributed by atoms with Crippen molar-refractivity contribution in [2.45, 2.75) is 46.1 Å². The van der Waals surface area contributed by atoms with Gasteiger partial charge in [-0.3, -0.25) is 0 Å².